The second-order valence-corrected chi connectivity index (χ2v) is 8.54. The van der Waals surface area contributed by atoms with Gasteiger partial charge in [0.15, 0.2) is 0 Å². The van der Waals surface area contributed by atoms with E-state index in [9.17, 15) is 9.59 Å². The Balaban J connectivity index is 1.77. The Morgan fingerprint density at radius 2 is 1.96 bits per heavy atom. The van der Waals surface area contributed by atoms with Gasteiger partial charge < -0.3 is 10.2 Å². The molecule has 0 radical (unpaired) electrons. The van der Waals surface area contributed by atoms with Crippen LogP contribution in [0.3, 0.4) is 0 Å². The fourth-order valence-corrected chi connectivity index (χ4v) is 4.33. The van der Waals surface area contributed by atoms with Crippen LogP contribution in [0.1, 0.15) is 46.6 Å². The third-order valence-corrected chi connectivity index (χ3v) is 6.32. The first-order valence-corrected chi connectivity index (χ1v) is 9.98. The van der Waals surface area contributed by atoms with Crippen LogP contribution in [-0.2, 0) is 4.79 Å². The predicted octanol–water partition coefficient (Wildman–Crippen LogP) is 5.55. The molecule has 1 aliphatic rings. The molecule has 1 aliphatic carbocycles. The highest BCUT2D eigenvalue weighted by atomic mass is 35.5. The number of hydrogen-bond donors (Lipinski definition) is 1. The molecule has 1 fully saturated rings. The molecule has 1 aromatic heterocycles. The van der Waals surface area contributed by atoms with Gasteiger partial charge in [-0.2, -0.15) is 0 Å². The minimum atomic E-state index is -0.210. The van der Waals surface area contributed by atoms with Gasteiger partial charge in [0.2, 0.25) is 5.91 Å². The molecule has 1 aromatic carbocycles. The lowest BCUT2D eigenvalue weighted by Gasteiger charge is -2.26. The van der Waals surface area contributed by atoms with Crippen molar-refractivity contribution in [2.75, 3.05) is 12.4 Å². The first-order valence-electron chi connectivity index (χ1n) is 8.41. The summed E-state index contributed by atoms with van der Waals surface area (Å²) in [7, 11) is 1.75. The molecule has 3 rings (SSSR count). The zero-order chi connectivity index (χ0) is 19.0. The molecule has 0 spiro atoms. The van der Waals surface area contributed by atoms with Gasteiger partial charge >= 0.3 is 0 Å². The number of rotatable bonds is 5. The summed E-state index contributed by atoms with van der Waals surface area (Å²) < 4.78 is 0. The van der Waals surface area contributed by atoms with Crippen molar-refractivity contribution in [1.29, 1.82) is 0 Å². The molecule has 2 aromatic rings. The van der Waals surface area contributed by atoms with Crippen molar-refractivity contribution in [2.24, 2.45) is 5.92 Å². The first kappa shape index (κ1) is 19.2. The van der Waals surface area contributed by atoms with Crippen molar-refractivity contribution >= 4 is 51.4 Å². The number of aryl methyl sites for hydroxylation is 1. The Bertz CT molecular complexity index is 861. The van der Waals surface area contributed by atoms with Gasteiger partial charge in [0, 0.05) is 23.0 Å². The van der Waals surface area contributed by atoms with Crippen molar-refractivity contribution in [3.63, 3.8) is 0 Å². The minimum absolute atomic E-state index is 0.0416. The average Bonchev–Trinajstić information content (AvgIpc) is 3.37. The lowest BCUT2D eigenvalue weighted by Crippen LogP contribution is -2.29. The Hall–Kier alpha value is -1.56. The number of thiophene rings is 1. The summed E-state index contributed by atoms with van der Waals surface area (Å²) in [6.45, 7) is 3.80. The topological polar surface area (TPSA) is 49.4 Å². The van der Waals surface area contributed by atoms with Gasteiger partial charge in [-0.25, -0.2) is 0 Å². The van der Waals surface area contributed by atoms with E-state index in [1.165, 1.54) is 11.3 Å². The van der Waals surface area contributed by atoms with E-state index in [0.717, 1.165) is 24.0 Å². The van der Waals surface area contributed by atoms with Gasteiger partial charge in [-0.1, -0.05) is 29.3 Å². The van der Waals surface area contributed by atoms with Crippen molar-refractivity contribution in [1.82, 2.24) is 4.90 Å². The number of nitrogens with zero attached hydrogens (tertiary/aromatic N) is 1. The lowest BCUT2D eigenvalue weighted by atomic mass is 10.1. The maximum absolute atomic E-state index is 13.0. The number of benzene rings is 1. The van der Waals surface area contributed by atoms with Gasteiger partial charge in [0.1, 0.15) is 0 Å². The van der Waals surface area contributed by atoms with E-state index in [2.05, 4.69) is 5.32 Å². The molecular formula is C19H20Cl2N2O2S. The number of halogens is 2. The largest absolute Gasteiger partial charge is 0.334 e. The molecule has 26 heavy (non-hydrogen) atoms. The number of nitrogens with one attached hydrogen (secondary N) is 1. The molecule has 1 unspecified atom stereocenters. The van der Waals surface area contributed by atoms with E-state index in [-0.39, 0.29) is 23.8 Å². The van der Waals surface area contributed by atoms with Crippen molar-refractivity contribution in [3.05, 3.63) is 50.3 Å². The highest BCUT2D eigenvalue weighted by Crippen LogP contribution is 2.35. The Labute approximate surface area is 167 Å². The van der Waals surface area contributed by atoms with E-state index in [1.807, 2.05) is 26.0 Å². The van der Waals surface area contributed by atoms with Gasteiger partial charge in [0.05, 0.1) is 15.9 Å². The Morgan fingerprint density at radius 1 is 1.27 bits per heavy atom. The standard InChI is InChI=1S/C19H20Cl2N2O2S/c1-10-8-16(22-18(24)12-4-5-12)26-17(10)19(25)23(3)11(2)14-7-6-13(20)9-15(14)21/h6-9,11-12H,4-5H2,1-3H3,(H,22,24). The summed E-state index contributed by atoms with van der Waals surface area (Å²) in [5, 5.41) is 4.72. The molecule has 2 amide bonds. The fraction of sp³-hybridized carbons (Fsp3) is 0.368. The average molecular weight is 411 g/mol. The predicted molar refractivity (Wildman–Crippen MR) is 107 cm³/mol. The number of carbonyl (C=O) groups is 2. The molecule has 0 aliphatic heterocycles. The SMILES string of the molecule is Cc1cc(NC(=O)C2CC2)sc1C(=O)N(C)C(C)c1ccc(Cl)cc1Cl. The first-order chi connectivity index (χ1) is 12.3. The Kier molecular flexibility index (Phi) is 5.61. The molecule has 1 atom stereocenters. The molecule has 0 bridgehead atoms. The highest BCUT2D eigenvalue weighted by Gasteiger charge is 2.30. The molecule has 0 saturated heterocycles. The third kappa shape index (κ3) is 4.05. The number of carbonyl (C=O) groups excluding carboxylic acids is 2. The fourth-order valence-electron chi connectivity index (χ4n) is 2.71. The van der Waals surface area contributed by atoms with Crippen LogP contribution in [-0.4, -0.2) is 23.8 Å². The van der Waals surface area contributed by atoms with Gasteiger partial charge in [-0.3, -0.25) is 9.59 Å². The van der Waals surface area contributed by atoms with Crippen LogP contribution in [0.25, 0.3) is 0 Å². The summed E-state index contributed by atoms with van der Waals surface area (Å²) in [5.41, 5.74) is 1.69. The van der Waals surface area contributed by atoms with Crippen molar-refractivity contribution in [2.45, 2.75) is 32.7 Å². The van der Waals surface area contributed by atoms with E-state index >= 15 is 0 Å². The maximum Gasteiger partial charge on any atom is 0.264 e. The highest BCUT2D eigenvalue weighted by molar-refractivity contribution is 7.18. The summed E-state index contributed by atoms with van der Waals surface area (Å²) in [6.07, 6.45) is 1.90. The van der Waals surface area contributed by atoms with Gasteiger partial charge in [0.25, 0.3) is 5.91 Å². The van der Waals surface area contributed by atoms with E-state index < -0.39 is 0 Å². The van der Waals surface area contributed by atoms with E-state index in [0.29, 0.717) is 19.9 Å². The number of amides is 2. The van der Waals surface area contributed by atoms with Crippen molar-refractivity contribution in [3.8, 4) is 0 Å². The van der Waals surface area contributed by atoms with Crippen LogP contribution in [0.15, 0.2) is 24.3 Å². The quantitative estimate of drug-likeness (QED) is 0.702. The van der Waals surface area contributed by atoms with Crippen LogP contribution >= 0.6 is 34.5 Å². The molecular weight excluding hydrogens is 391 g/mol. The second kappa shape index (κ2) is 7.59. The summed E-state index contributed by atoms with van der Waals surface area (Å²) >= 11 is 13.5. The van der Waals surface area contributed by atoms with E-state index in [1.54, 1.807) is 24.1 Å². The van der Waals surface area contributed by atoms with Gasteiger partial charge in [-0.15, -0.1) is 11.3 Å². The maximum atomic E-state index is 13.0. The van der Waals surface area contributed by atoms with Gasteiger partial charge in [-0.05, 0) is 56.0 Å². The molecule has 1 saturated carbocycles. The molecule has 1 heterocycles. The normalized spacial score (nSPS) is 14.8. The summed E-state index contributed by atoms with van der Waals surface area (Å²) in [4.78, 5) is 27.2. The smallest absolute Gasteiger partial charge is 0.264 e. The van der Waals surface area contributed by atoms with Crippen LogP contribution < -0.4 is 5.32 Å². The summed E-state index contributed by atoms with van der Waals surface area (Å²) in [6, 6.07) is 6.92. The van der Waals surface area contributed by atoms with Crippen LogP contribution in [0.4, 0.5) is 5.00 Å². The monoisotopic (exact) mass is 410 g/mol. The zero-order valence-corrected chi connectivity index (χ0v) is 17.1. The zero-order valence-electron chi connectivity index (χ0n) is 14.8. The summed E-state index contributed by atoms with van der Waals surface area (Å²) in [5.74, 6) is 0.0733. The van der Waals surface area contributed by atoms with Crippen LogP contribution in [0, 0.1) is 12.8 Å². The van der Waals surface area contributed by atoms with Crippen LogP contribution in [0.5, 0.6) is 0 Å². The molecule has 138 valence electrons. The Morgan fingerprint density at radius 3 is 2.58 bits per heavy atom. The van der Waals surface area contributed by atoms with E-state index in [4.69, 9.17) is 23.2 Å². The number of anilines is 1. The molecule has 7 heteroatoms. The number of hydrogen-bond acceptors (Lipinski definition) is 3. The minimum Gasteiger partial charge on any atom is -0.334 e. The lowest BCUT2D eigenvalue weighted by molar-refractivity contribution is -0.117. The molecule has 1 N–H and O–H groups in total. The molecule has 4 nitrogen and oxygen atoms in total. The third-order valence-electron chi connectivity index (χ3n) is 4.62. The second-order valence-electron chi connectivity index (χ2n) is 6.64. The van der Waals surface area contributed by atoms with Crippen LogP contribution in [0.2, 0.25) is 10.0 Å². The van der Waals surface area contributed by atoms with Crippen molar-refractivity contribution < 1.29 is 9.59 Å².